The summed E-state index contributed by atoms with van der Waals surface area (Å²) in [5.74, 6) is 0.176. The summed E-state index contributed by atoms with van der Waals surface area (Å²) >= 11 is 0. The monoisotopic (exact) mass is 293 g/mol. The first kappa shape index (κ1) is 15.0. The van der Waals surface area contributed by atoms with E-state index in [0.29, 0.717) is 6.54 Å². The zero-order valence-electron chi connectivity index (χ0n) is 11.9. The average molecular weight is 293 g/mol. The molecule has 7 heteroatoms. The first-order valence-corrected chi connectivity index (χ1v) is 6.58. The number of rotatable bonds is 6. The lowest BCUT2D eigenvalue weighted by molar-refractivity contribution is -0.385. The standard InChI is InChI=1S/C14H16FN3O3/c1-9-12(10(2)21-17-9)4-3-7-16-14-6-5-11(18(19)20)8-13(14)15/h5-6,8,16H,3-4,7H2,1-2H3. The lowest BCUT2D eigenvalue weighted by atomic mass is 10.1. The Morgan fingerprint density at radius 1 is 1.43 bits per heavy atom. The minimum Gasteiger partial charge on any atom is -0.383 e. The van der Waals surface area contributed by atoms with Gasteiger partial charge in [-0.25, -0.2) is 4.39 Å². The van der Waals surface area contributed by atoms with Crippen molar-refractivity contribution in [2.75, 3.05) is 11.9 Å². The molecule has 0 spiro atoms. The molecule has 0 saturated heterocycles. The van der Waals surface area contributed by atoms with Crippen molar-refractivity contribution in [2.24, 2.45) is 0 Å². The minimum atomic E-state index is -0.624. The van der Waals surface area contributed by atoms with Crippen molar-refractivity contribution in [1.82, 2.24) is 5.16 Å². The summed E-state index contributed by atoms with van der Waals surface area (Å²) in [6.07, 6.45) is 1.56. The zero-order chi connectivity index (χ0) is 15.4. The van der Waals surface area contributed by atoms with Gasteiger partial charge in [0.2, 0.25) is 0 Å². The van der Waals surface area contributed by atoms with Gasteiger partial charge in [0.15, 0.2) is 5.82 Å². The van der Waals surface area contributed by atoms with E-state index in [2.05, 4.69) is 10.5 Å². The van der Waals surface area contributed by atoms with Gasteiger partial charge in [0.25, 0.3) is 5.69 Å². The number of aromatic nitrogens is 1. The predicted octanol–water partition coefficient (Wildman–Crippen LogP) is 3.38. The number of non-ortho nitro benzene ring substituents is 1. The molecular weight excluding hydrogens is 277 g/mol. The fourth-order valence-corrected chi connectivity index (χ4v) is 2.11. The van der Waals surface area contributed by atoms with Crippen LogP contribution in [0.25, 0.3) is 0 Å². The van der Waals surface area contributed by atoms with Gasteiger partial charge in [-0.2, -0.15) is 0 Å². The van der Waals surface area contributed by atoms with E-state index in [1.54, 1.807) is 0 Å². The predicted molar refractivity (Wildman–Crippen MR) is 75.8 cm³/mol. The molecular formula is C14H16FN3O3. The van der Waals surface area contributed by atoms with Crippen LogP contribution in [-0.2, 0) is 6.42 Å². The van der Waals surface area contributed by atoms with Crippen molar-refractivity contribution >= 4 is 11.4 Å². The maximum Gasteiger partial charge on any atom is 0.272 e. The number of anilines is 1. The smallest absolute Gasteiger partial charge is 0.272 e. The van der Waals surface area contributed by atoms with Gasteiger partial charge in [0.1, 0.15) is 5.76 Å². The van der Waals surface area contributed by atoms with E-state index in [4.69, 9.17) is 4.52 Å². The van der Waals surface area contributed by atoms with Crippen LogP contribution in [0.5, 0.6) is 0 Å². The molecule has 1 aromatic heterocycles. The Morgan fingerprint density at radius 3 is 2.76 bits per heavy atom. The van der Waals surface area contributed by atoms with Crippen LogP contribution in [0, 0.1) is 29.8 Å². The molecule has 112 valence electrons. The van der Waals surface area contributed by atoms with E-state index >= 15 is 0 Å². The normalized spacial score (nSPS) is 10.6. The van der Waals surface area contributed by atoms with E-state index in [1.807, 2.05) is 13.8 Å². The topological polar surface area (TPSA) is 81.2 Å². The Bertz CT molecular complexity index is 635. The molecule has 0 aliphatic carbocycles. The quantitative estimate of drug-likeness (QED) is 0.501. The maximum absolute atomic E-state index is 13.6. The molecule has 0 amide bonds. The van der Waals surface area contributed by atoms with Crippen LogP contribution in [0.2, 0.25) is 0 Å². The maximum atomic E-state index is 13.6. The van der Waals surface area contributed by atoms with Gasteiger partial charge in [-0.05, 0) is 32.8 Å². The highest BCUT2D eigenvalue weighted by atomic mass is 19.1. The second-order valence-electron chi connectivity index (χ2n) is 4.75. The number of nitrogens with zero attached hydrogens (tertiary/aromatic N) is 2. The van der Waals surface area contributed by atoms with Gasteiger partial charge < -0.3 is 9.84 Å². The fourth-order valence-electron chi connectivity index (χ4n) is 2.11. The van der Waals surface area contributed by atoms with Crippen LogP contribution in [0.15, 0.2) is 22.7 Å². The van der Waals surface area contributed by atoms with Crippen LogP contribution in [0.3, 0.4) is 0 Å². The van der Waals surface area contributed by atoms with Crippen LogP contribution >= 0.6 is 0 Å². The molecule has 21 heavy (non-hydrogen) atoms. The number of nitro benzene ring substituents is 1. The molecule has 2 rings (SSSR count). The van der Waals surface area contributed by atoms with E-state index < -0.39 is 10.7 Å². The number of benzene rings is 1. The van der Waals surface area contributed by atoms with Crippen molar-refractivity contribution in [2.45, 2.75) is 26.7 Å². The number of nitrogens with one attached hydrogen (secondary N) is 1. The lowest BCUT2D eigenvalue weighted by Crippen LogP contribution is -2.05. The third-order valence-corrected chi connectivity index (χ3v) is 3.26. The Balaban J connectivity index is 1.88. The number of halogens is 1. The van der Waals surface area contributed by atoms with Crippen molar-refractivity contribution in [3.05, 3.63) is 51.1 Å². The summed E-state index contributed by atoms with van der Waals surface area (Å²) in [5.41, 5.74) is 1.95. The second kappa shape index (κ2) is 6.34. The van der Waals surface area contributed by atoms with Crippen LogP contribution in [-0.4, -0.2) is 16.6 Å². The van der Waals surface area contributed by atoms with Crippen LogP contribution in [0.4, 0.5) is 15.8 Å². The van der Waals surface area contributed by atoms with Crippen molar-refractivity contribution < 1.29 is 13.8 Å². The first-order chi connectivity index (χ1) is 9.99. The van der Waals surface area contributed by atoms with Crippen LogP contribution < -0.4 is 5.32 Å². The highest BCUT2D eigenvalue weighted by Gasteiger charge is 2.11. The fraction of sp³-hybridized carbons (Fsp3) is 0.357. The summed E-state index contributed by atoms with van der Waals surface area (Å²) in [6.45, 7) is 4.30. The van der Waals surface area contributed by atoms with Crippen molar-refractivity contribution in [3.8, 4) is 0 Å². The lowest BCUT2D eigenvalue weighted by Gasteiger charge is -2.07. The molecule has 0 aliphatic heterocycles. The molecule has 2 aromatic rings. The summed E-state index contributed by atoms with van der Waals surface area (Å²) in [4.78, 5) is 9.90. The van der Waals surface area contributed by atoms with Crippen molar-refractivity contribution in [3.63, 3.8) is 0 Å². The number of nitro groups is 1. The summed E-state index contributed by atoms with van der Waals surface area (Å²) in [7, 11) is 0. The molecule has 0 unspecified atom stereocenters. The van der Waals surface area contributed by atoms with E-state index in [1.165, 1.54) is 12.1 Å². The van der Waals surface area contributed by atoms with Gasteiger partial charge in [0, 0.05) is 18.2 Å². The number of hydrogen-bond acceptors (Lipinski definition) is 5. The Kier molecular flexibility index (Phi) is 4.52. The second-order valence-corrected chi connectivity index (χ2v) is 4.75. The van der Waals surface area contributed by atoms with Gasteiger partial charge in [-0.3, -0.25) is 10.1 Å². The number of hydrogen-bond donors (Lipinski definition) is 1. The summed E-state index contributed by atoms with van der Waals surface area (Å²) in [6, 6.07) is 3.57. The van der Waals surface area contributed by atoms with Gasteiger partial charge >= 0.3 is 0 Å². The molecule has 1 aromatic carbocycles. The molecule has 0 aliphatic rings. The third kappa shape index (κ3) is 3.56. The highest BCUT2D eigenvalue weighted by molar-refractivity contribution is 5.50. The molecule has 0 fully saturated rings. The minimum absolute atomic E-state index is 0.256. The SMILES string of the molecule is Cc1noc(C)c1CCCNc1ccc([N+](=O)[O-])cc1F. The van der Waals surface area contributed by atoms with Crippen LogP contribution in [0.1, 0.15) is 23.4 Å². The van der Waals surface area contributed by atoms with Crippen molar-refractivity contribution in [1.29, 1.82) is 0 Å². The van der Waals surface area contributed by atoms with Gasteiger partial charge in [0.05, 0.1) is 22.4 Å². The number of aryl methyl sites for hydroxylation is 2. The molecule has 0 atom stereocenters. The first-order valence-electron chi connectivity index (χ1n) is 6.58. The molecule has 0 saturated carbocycles. The molecule has 1 N–H and O–H groups in total. The Labute approximate surface area is 121 Å². The van der Waals surface area contributed by atoms with Gasteiger partial charge in [-0.15, -0.1) is 0 Å². The highest BCUT2D eigenvalue weighted by Crippen LogP contribution is 2.20. The van der Waals surface area contributed by atoms with E-state index in [9.17, 15) is 14.5 Å². The summed E-state index contributed by atoms with van der Waals surface area (Å²) in [5, 5.41) is 17.3. The molecule has 1 heterocycles. The summed E-state index contributed by atoms with van der Waals surface area (Å²) < 4.78 is 18.7. The molecule has 6 nitrogen and oxygen atoms in total. The van der Waals surface area contributed by atoms with E-state index in [0.717, 1.165) is 35.9 Å². The molecule has 0 bridgehead atoms. The third-order valence-electron chi connectivity index (χ3n) is 3.26. The average Bonchev–Trinajstić information content (AvgIpc) is 2.76. The largest absolute Gasteiger partial charge is 0.383 e. The Hall–Kier alpha value is -2.44. The Morgan fingerprint density at radius 2 is 2.19 bits per heavy atom. The molecule has 0 radical (unpaired) electrons. The zero-order valence-corrected chi connectivity index (χ0v) is 11.9. The van der Waals surface area contributed by atoms with E-state index in [-0.39, 0.29) is 11.4 Å². The van der Waals surface area contributed by atoms with Gasteiger partial charge in [-0.1, -0.05) is 5.16 Å².